The number of hydrogen-bond acceptors (Lipinski definition) is 4. The molecule has 3 nitrogen and oxygen atoms in total. The number of thiophene rings is 1. The Balaban J connectivity index is 1.91. The summed E-state index contributed by atoms with van der Waals surface area (Å²) in [6.07, 6.45) is 4.90. The lowest BCUT2D eigenvalue weighted by atomic mass is 10.1. The minimum atomic E-state index is -0.235. The van der Waals surface area contributed by atoms with Gasteiger partial charge in [0.15, 0.2) is 0 Å². The third-order valence-electron chi connectivity index (χ3n) is 3.98. The second kappa shape index (κ2) is 6.97. The van der Waals surface area contributed by atoms with Gasteiger partial charge in [-0.05, 0) is 31.4 Å². The Labute approximate surface area is 135 Å². The summed E-state index contributed by atoms with van der Waals surface area (Å²) in [6, 6.07) is 12.6. The number of rotatable bonds is 5. The van der Waals surface area contributed by atoms with Crippen molar-refractivity contribution >= 4 is 22.3 Å². The van der Waals surface area contributed by atoms with Crippen LogP contribution in [0.5, 0.6) is 0 Å². The molecule has 0 saturated heterocycles. The summed E-state index contributed by atoms with van der Waals surface area (Å²) in [5.41, 5.74) is 1.80. The minimum Gasteiger partial charge on any atom is -0.462 e. The number of benzene rings is 1. The zero-order valence-corrected chi connectivity index (χ0v) is 13.6. The maximum atomic E-state index is 12.2. The number of hydrogen-bond donors (Lipinski definition) is 1. The van der Waals surface area contributed by atoms with Gasteiger partial charge in [-0.3, -0.25) is 0 Å². The number of ether oxygens (including phenoxy) is 1. The van der Waals surface area contributed by atoms with Crippen molar-refractivity contribution in [3.63, 3.8) is 0 Å². The first-order valence-corrected chi connectivity index (χ1v) is 8.72. The third kappa shape index (κ3) is 3.33. The van der Waals surface area contributed by atoms with Gasteiger partial charge in [-0.2, -0.15) is 0 Å². The standard InChI is InChI=1S/C18H21NO2S/c1-2-21-18(20)15-12-16(13-8-4-3-5-9-13)22-17(15)19-14-10-6-7-11-14/h3-5,8-9,12,14,19H,2,6-7,10-11H2,1H3. The van der Waals surface area contributed by atoms with E-state index in [0.29, 0.717) is 18.2 Å². The second-order valence-corrected chi connectivity index (χ2v) is 6.62. The predicted molar refractivity (Wildman–Crippen MR) is 91.6 cm³/mol. The molecule has 0 atom stereocenters. The molecule has 1 aromatic heterocycles. The van der Waals surface area contributed by atoms with Gasteiger partial charge >= 0.3 is 5.97 Å². The molecular formula is C18H21NO2S. The normalized spacial score (nSPS) is 15.0. The van der Waals surface area contributed by atoms with E-state index in [9.17, 15) is 4.79 Å². The average Bonchev–Trinajstić information content (AvgIpc) is 3.19. The van der Waals surface area contributed by atoms with Crippen molar-refractivity contribution in [3.05, 3.63) is 42.0 Å². The first kappa shape index (κ1) is 15.1. The second-order valence-electron chi connectivity index (χ2n) is 5.57. The van der Waals surface area contributed by atoms with Gasteiger partial charge in [0.1, 0.15) is 5.00 Å². The van der Waals surface area contributed by atoms with Crippen molar-refractivity contribution in [2.45, 2.75) is 38.6 Å². The molecule has 1 aliphatic rings. The molecule has 0 bridgehead atoms. The van der Waals surface area contributed by atoms with Gasteiger partial charge in [-0.1, -0.05) is 43.2 Å². The highest BCUT2D eigenvalue weighted by molar-refractivity contribution is 7.19. The van der Waals surface area contributed by atoms with E-state index >= 15 is 0 Å². The van der Waals surface area contributed by atoms with Crippen molar-refractivity contribution in [3.8, 4) is 10.4 Å². The molecule has 1 aliphatic carbocycles. The molecule has 0 amide bonds. The summed E-state index contributed by atoms with van der Waals surface area (Å²) in [4.78, 5) is 13.3. The third-order valence-corrected chi connectivity index (χ3v) is 5.09. The number of anilines is 1. The van der Waals surface area contributed by atoms with Gasteiger partial charge in [0.2, 0.25) is 0 Å². The maximum absolute atomic E-state index is 12.2. The van der Waals surface area contributed by atoms with Gasteiger partial charge in [0.25, 0.3) is 0 Å². The SMILES string of the molecule is CCOC(=O)c1cc(-c2ccccc2)sc1NC1CCCC1. The fraction of sp³-hybridized carbons (Fsp3) is 0.389. The zero-order chi connectivity index (χ0) is 15.4. The smallest absolute Gasteiger partial charge is 0.341 e. The minimum absolute atomic E-state index is 0.235. The van der Waals surface area contributed by atoms with Crippen LogP contribution in [0.1, 0.15) is 43.0 Å². The number of carbonyl (C=O) groups excluding carboxylic acids is 1. The fourth-order valence-corrected chi connectivity index (χ4v) is 3.99. The van der Waals surface area contributed by atoms with E-state index in [2.05, 4.69) is 17.4 Å². The van der Waals surface area contributed by atoms with Crippen LogP contribution in [-0.2, 0) is 4.74 Å². The molecule has 0 radical (unpaired) electrons. The molecule has 1 heterocycles. The molecule has 0 spiro atoms. The van der Waals surface area contributed by atoms with E-state index in [1.54, 1.807) is 11.3 Å². The lowest BCUT2D eigenvalue weighted by Crippen LogP contribution is -2.16. The van der Waals surface area contributed by atoms with Crippen LogP contribution in [0.4, 0.5) is 5.00 Å². The van der Waals surface area contributed by atoms with Crippen molar-refractivity contribution in [2.24, 2.45) is 0 Å². The van der Waals surface area contributed by atoms with Crippen LogP contribution in [0.25, 0.3) is 10.4 Å². The molecule has 2 aromatic rings. The van der Waals surface area contributed by atoms with Crippen molar-refractivity contribution in [1.82, 2.24) is 0 Å². The molecule has 3 rings (SSSR count). The molecular weight excluding hydrogens is 294 g/mol. The monoisotopic (exact) mass is 315 g/mol. The average molecular weight is 315 g/mol. The molecule has 1 saturated carbocycles. The molecule has 0 aliphatic heterocycles. The molecule has 116 valence electrons. The maximum Gasteiger partial charge on any atom is 0.341 e. The summed E-state index contributed by atoms with van der Waals surface area (Å²) in [5.74, 6) is -0.235. The predicted octanol–water partition coefficient (Wildman–Crippen LogP) is 4.95. The highest BCUT2D eigenvalue weighted by Crippen LogP contribution is 2.37. The highest BCUT2D eigenvalue weighted by atomic mass is 32.1. The lowest BCUT2D eigenvalue weighted by Gasteiger charge is -2.13. The number of nitrogens with one attached hydrogen (secondary N) is 1. The Bertz CT molecular complexity index is 630. The Morgan fingerprint density at radius 2 is 2.00 bits per heavy atom. The Morgan fingerprint density at radius 1 is 1.27 bits per heavy atom. The Kier molecular flexibility index (Phi) is 4.78. The molecule has 1 N–H and O–H groups in total. The van der Waals surface area contributed by atoms with E-state index in [0.717, 1.165) is 15.4 Å². The van der Waals surface area contributed by atoms with Crippen molar-refractivity contribution in [1.29, 1.82) is 0 Å². The van der Waals surface area contributed by atoms with E-state index in [4.69, 9.17) is 4.74 Å². The van der Waals surface area contributed by atoms with Crippen LogP contribution in [0.15, 0.2) is 36.4 Å². The van der Waals surface area contributed by atoms with Gasteiger partial charge < -0.3 is 10.1 Å². The van der Waals surface area contributed by atoms with Gasteiger partial charge in [-0.15, -0.1) is 11.3 Å². The largest absolute Gasteiger partial charge is 0.462 e. The van der Waals surface area contributed by atoms with Crippen LogP contribution in [0.2, 0.25) is 0 Å². The Hall–Kier alpha value is -1.81. The van der Waals surface area contributed by atoms with Gasteiger partial charge in [-0.25, -0.2) is 4.79 Å². The Morgan fingerprint density at radius 3 is 2.68 bits per heavy atom. The van der Waals surface area contributed by atoms with Crippen LogP contribution >= 0.6 is 11.3 Å². The van der Waals surface area contributed by atoms with E-state index in [1.165, 1.54) is 25.7 Å². The zero-order valence-electron chi connectivity index (χ0n) is 12.8. The van der Waals surface area contributed by atoms with Crippen molar-refractivity contribution in [2.75, 3.05) is 11.9 Å². The highest BCUT2D eigenvalue weighted by Gasteiger charge is 2.22. The summed E-state index contributed by atoms with van der Waals surface area (Å²) in [5, 5.41) is 4.50. The topological polar surface area (TPSA) is 38.3 Å². The summed E-state index contributed by atoms with van der Waals surface area (Å²) < 4.78 is 5.21. The van der Waals surface area contributed by atoms with E-state index in [1.807, 2.05) is 31.2 Å². The summed E-state index contributed by atoms with van der Waals surface area (Å²) >= 11 is 1.64. The van der Waals surface area contributed by atoms with Crippen molar-refractivity contribution < 1.29 is 9.53 Å². The fourth-order valence-electron chi connectivity index (χ4n) is 2.86. The van der Waals surface area contributed by atoms with E-state index < -0.39 is 0 Å². The molecule has 0 unspecified atom stereocenters. The van der Waals surface area contributed by atoms with E-state index in [-0.39, 0.29) is 5.97 Å². The summed E-state index contributed by atoms with van der Waals surface area (Å²) in [6.45, 7) is 2.24. The quantitative estimate of drug-likeness (QED) is 0.794. The number of carbonyl (C=O) groups is 1. The molecule has 22 heavy (non-hydrogen) atoms. The van der Waals surface area contributed by atoms with Crippen LogP contribution in [0, 0.1) is 0 Å². The summed E-state index contributed by atoms with van der Waals surface area (Å²) in [7, 11) is 0. The van der Waals surface area contributed by atoms with Crippen LogP contribution in [-0.4, -0.2) is 18.6 Å². The van der Waals surface area contributed by atoms with Gasteiger partial charge in [0.05, 0.1) is 12.2 Å². The molecule has 1 aromatic carbocycles. The first-order valence-electron chi connectivity index (χ1n) is 7.91. The van der Waals surface area contributed by atoms with Crippen LogP contribution < -0.4 is 5.32 Å². The molecule has 4 heteroatoms. The molecule has 1 fully saturated rings. The number of esters is 1. The van der Waals surface area contributed by atoms with Gasteiger partial charge in [0, 0.05) is 10.9 Å². The van der Waals surface area contributed by atoms with Crippen LogP contribution in [0.3, 0.4) is 0 Å². The lowest BCUT2D eigenvalue weighted by molar-refractivity contribution is 0.0528. The first-order chi connectivity index (χ1) is 10.8.